The average Bonchev–Trinajstić information content (AvgIpc) is 2.17. The molecule has 2 heteroatoms. The van der Waals surface area contributed by atoms with Crippen molar-refractivity contribution in [2.75, 3.05) is 0 Å². The lowest BCUT2D eigenvalue weighted by atomic mass is 9.97. The van der Waals surface area contributed by atoms with Gasteiger partial charge in [0.15, 0.2) is 0 Å². The molecule has 0 aromatic heterocycles. The van der Waals surface area contributed by atoms with Crippen molar-refractivity contribution < 1.29 is 5.11 Å². The zero-order valence-corrected chi connectivity index (χ0v) is 7.09. The van der Waals surface area contributed by atoms with Gasteiger partial charge in [0.25, 0.3) is 0 Å². The van der Waals surface area contributed by atoms with E-state index in [1.54, 1.807) is 0 Å². The number of aliphatic hydroxyl groups excluding tert-OH is 1. The Morgan fingerprint density at radius 3 is 2.18 bits per heavy atom. The highest BCUT2D eigenvalue weighted by Gasteiger charge is 2.44. The minimum atomic E-state index is -0.0268. The summed E-state index contributed by atoms with van der Waals surface area (Å²) in [6.07, 6.45) is 4.21. The number of hydrogen-bond acceptors (Lipinski definition) is 2. The van der Waals surface area contributed by atoms with E-state index < -0.39 is 0 Å². The summed E-state index contributed by atoms with van der Waals surface area (Å²) in [6, 6.07) is 0. The molecule has 0 aliphatic heterocycles. The maximum absolute atomic E-state index is 9.36. The van der Waals surface area contributed by atoms with Crippen LogP contribution in [0.1, 0.15) is 32.6 Å². The Labute approximate surface area is 67.8 Å². The molecule has 2 nitrogen and oxygen atoms in total. The van der Waals surface area contributed by atoms with Crippen molar-refractivity contribution in [2.24, 2.45) is 17.6 Å². The third-order valence-corrected chi connectivity index (χ3v) is 3.27. The van der Waals surface area contributed by atoms with Crippen molar-refractivity contribution in [3.8, 4) is 0 Å². The van der Waals surface area contributed by atoms with Crippen molar-refractivity contribution in [3.05, 3.63) is 0 Å². The van der Waals surface area contributed by atoms with E-state index >= 15 is 0 Å². The molecule has 0 aromatic carbocycles. The summed E-state index contributed by atoms with van der Waals surface area (Å²) < 4.78 is 0. The first-order valence-electron chi connectivity index (χ1n) is 4.54. The van der Waals surface area contributed by atoms with Crippen LogP contribution in [0.2, 0.25) is 0 Å². The van der Waals surface area contributed by atoms with Crippen molar-refractivity contribution in [3.63, 3.8) is 0 Å². The van der Waals surface area contributed by atoms with Gasteiger partial charge in [-0.05, 0) is 44.4 Å². The Bertz CT molecular complexity index is 151. The third-order valence-electron chi connectivity index (χ3n) is 3.27. The van der Waals surface area contributed by atoms with Crippen LogP contribution in [0.25, 0.3) is 0 Å². The van der Waals surface area contributed by atoms with Gasteiger partial charge in [0.05, 0.1) is 6.10 Å². The minimum Gasteiger partial charge on any atom is -0.393 e. The predicted octanol–water partition coefficient (Wildman–Crippen LogP) is 0.885. The summed E-state index contributed by atoms with van der Waals surface area (Å²) >= 11 is 0. The molecule has 11 heavy (non-hydrogen) atoms. The fourth-order valence-corrected chi connectivity index (χ4v) is 2.96. The van der Waals surface area contributed by atoms with Crippen LogP contribution in [0.5, 0.6) is 0 Å². The lowest BCUT2D eigenvalue weighted by Crippen LogP contribution is -2.33. The van der Waals surface area contributed by atoms with E-state index in [0.717, 1.165) is 37.5 Å². The molecule has 0 aromatic rings. The molecular formula is C9H17NO. The fraction of sp³-hybridized carbons (Fsp3) is 1.00. The zero-order valence-electron chi connectivity index (χ0n) is 7.09. The Hall–Kier alpha value is -0.0800. The molecule has 64 valence electrons. The van der Waals surface area contributed by atoms with E-state index in [9.17, 15) is 5.11 Å². The second-order valence-electron chi connectivity index (χ2n) is 4.71. The van der Waals surface area contributed by atoms with Gasteiger partial charge >= 0.3 is 0 Å². The third kappa shape index (κ3) is 1.30. The highest BCUT2D eigenvalue weighted by Crippen LogP contribution is 2.47. The topological polar surface area (TPSA) is 46.2 Å². The zero-order chi connectivity index (χ0) is 8.06. The van der Waals surface area contributed by atoms with Crippen LogP contribution in [0, 0.1) is 11.8 Å². The first-order chi connectivity index (χ1) is 5.07. The van der Waals surface area contributed by atoms with Crippen LogP contribution in [0.4, 0.5) is 0 Å². The molecule has 0 amide bonds. The van der Waals surface area contributed by atoms with Gasteiger partial charge in [0, 0.05) is 5.54 Å². The van der Waals surface area contributed by atoms with Gasteiger partial charge in [0.2, 0.25) is 0 Å². The van der Waals surface area contributed by atoms with Gasteiger partial charge in [-0.3, -0.25) is 0 Å². The van der Waals surface area contributed by atoms with E-state index in [4.69, 9.17) is 5.73 Å². The van der Waals surface area contributed by atoms with E-state index in [-0.39, 0.29) is 11.6 Å². The molecule has 0 heterocycles. The Morgan fingerprint density at radius 2 is 1.73 bits per heavy atom. The summed E-state index contributed by atoms with van der Waals surface area (Å²) in [5.74, 6) is 1.44. The summed E-state index contributed by atoms with van der Waals surface area (Å²) in [7, 11) is 0. The standard InChI is InChI=1S/C9H17NO/c1-9(10)4-6-2-8(11)3-7(6)5-9/h6-8,11H,2-5,10H2,1H3/t6-,7+,8+,9+. The van der Waals surface area contributed by atoms with Crippen molar-refractivity contribution >= 4 is 0 Å². The monoisotopic (exact) mass is 155 g/mol. The first-order valence-corrected chi connectivity index (χ1v) is 4.54. The molecule has 2 rings (SSSR count). The van der Waals surface area contributed by atoms with Crippen LogP contribution >= 0.6 is 0 Å². The SMILES string of the molecule is C[C@]1(N)C[C@H]2C[C@H](O)C[C@H]2C1. The molecule has 3 N–H and O–H groups in total. The van der Waals surface area contributed by atoms with E-state index in [2.05, 4.69) is 6.92 Å². The molecule has 2 aliphatic rings. The van der Waals surface area contributed by atoms with E-state index in [1.165, 1.54) is 0 Å². The van der Waals surface area contributed by atoms with Gasteiger partial charge < -0.3 is 10.8 Å². The highest BCUT2D eigenvalue weighted by molar-refractivity contribution is 4.99. The normalized spacial score (nSPS) is 56.5. The van der Waals surface area contributed by atoms with Gasteiger partial charge in [-0.25, -0.2) is 0 Å². The van der Waals surface area contributed by atoms with Crippen LogP contribution in [0.15, 0.2) is 0 Å². The van der Waals surface area contributed by atoms with Gasteiger partial charge in [-0.1, -0.05) is 0 Å². The van der Waals surface area contributed by atoms with Gasteiger partial charge in [-0.2, -0.15) is 0 Å². The Balaban J connectivity index is 2.04. The molecule has 2 saturated carbocycles. The van der Waals surface area contributed by atoms with Crippen LogP contribution in [-0.2, 0) is 0 Å². The van der Waals surface area contributed by atoms with Gasteiger partial charge in [0.1, 0.15) is 0 Å². The lowest BCUT2D eigenvalue weighted by Gasteiger charge is -2.18. The molecule has 2 fully saturated rings. The smallest absolute Gasteiger partial charge is 0.0545 e. The second kappa shape index (κ2) is 2.20. The highest BCUT2D eigenvalue weighted by atomic mass is 16.3. The van der Waals surface area contributed by atoms with Gasteiger partial charge in [-0.15, -0.1) is 0 Å². The number of rotatable bonds is 0. The second-order valence-corrected chi connectivity index (χ2v) is 4.71. The Kier molecular flexibility index (Phi) is 1.52. The molecular weight excluding hydrogens is 138 g/mol. The molecule has 0 unspecified atom stereocenters. The van der Waals surface area contributed by atoms with Crippen molar-refractivity contribution in [1.29, 1.82) is 0 Å². The predicted molar refractivity (Wildman–Crippen MR) is 44.0 cm³/mol. The summed E-state index contributed by atoms with van der Waals surface area (Å²) in [5.41, 5.74) is 6.10. The molecule has 2 aliphatic carbocycles. The van der Waals surface area contributed by atoms with Crippen LogP contribution in [0.3, 0.4) is 0 Å². The minimum absolute atomic E-state index is 0.0268. The molecule has 4 atom stereocenters. The van der Waals surface area contributed by atoms with Crippen molar-refractivity contribution in [1.82, 2.24) is 0 Å². The summed E-state index contributed by atoms with van der Waals surface area (Å²) in [6.45, 7) is 2.14. The molecule has 0 saturated heterocycles. The van der Waals surface area contributed by atoms with Crippen LogP contribution < -0.4 is 5.73 Å². The van der Waals surface area contributed by atoms with Crippen molar-refractivity contribution in [2.45, 2.75) is 44.2 Å². The average molecular weight is 155 g/mol. The first kappa shape index (κ1) is 7.56. The summed E-state index contributed by atoms with van der Waals surface area (Å²) in [4.78, 5) is 0. The largest absolute Gasteiger partial charge is 0.393 e. The quantitative estimate of drug-likeness (QED) is 0.545. The Morgan fingerprint density at radius 1 is 1.27 bits per heavy atom. The number of hydrogen-bond donors (Lipinski definition) is 2. The number of aliphatic hydroxyl groups is 1. The fourth-order valence-electron chi connectivity index (χ4n) is 2.96. The van der Waals surface area contributed by atoms with E-state index in [1.807, 2.05) is 0 Å². The maximum atomic E-state index is 9.36. The van der Waals surface area contributed by atoms with E-state index in [0.29, 0.717) is 0 Å². The molecule has 0 bridgehead atoms. The molecule has 0 spiro atoms. The lowest BCUT2D eigenvalue weighted by molar-refractivity contribution is 0.167. The maximum Gasteiger partial charge on any atom is 0.0545 e. The van der Waals surface area contributed by atoms with Crippen LogP contribution in [-0.4, -0.2) is 16.7 Å². The number of fused-ring (bicyclic) bond motifs is 1. The molecule has 0 radical (unpaired) electrons. The summed E-state index contributed by atoms with van der Waals surface area (Å²) in [5, 5.41) is 9.36. The number of nitrogens with two attached hydrogens (primary N) is 1.